The summed E-state index contributed by atoms with van der Waals surface area (Å²) in [5.41, 5.74) is -0.290. The first-order valence-corrected chi connectivity index (χ1v) is 10.9. The number of hydrogen-bond donors (Lipinski definition) is 2. The second-order valence-corrected chi connectivity index (χ2v) is 8.05. The Labute approximate surface area is 196 Å². The Morgan fingerprint density at radius 2 is 1.68 bits per heavy atom. The van der Waals surface area contributed by atoms with Crippen LogP contribution in [-0.2, 0) is 9.59 Å². The van der Waals surface area contributed by atoms with Gasteiger partial charge in [0.1, 0.15) is 36.5 Å². The van der Waals surface area contributed by atoms with Crippen molar-refractivity contribution in [2.24, 2.45) is 5.92 Å². The predicted molar refractivity (Wildman–Crippen MR) is 121 cm³/mol. The van der Waals surface area contributed by atoms with E-state index in [9.17, 15) is 23.2 Å². The largest absolute Gasteiger partial charge is 0.486 e. The van der Waals surface area contributed by atoms with Crippen LogP contribution < -0.4 is 20.1 Å². The number of halogens is 2. The number of carbonyl (C=O) groups excluding carboxylic acids is 3. The van der Waals surface area contributed by atoms with Gasteiger partial charge in [0.15, 0.2) is 11.5 Å². The van der Waals surface area contributed by atoms with Crippen molar-refractivity contribution in [1.29, 1.82) is 0 Å². The van der Waals surface area contributed by atoms with Gasteiger partial charge in [-0.3, -0.25) is 14.4 Å². The maximum Gasteiger partial charge on any atom is 0.257 e. The predicted octanol–water partition coefficient (Wildman–Crippen LogP) is 2.98. The van der Waals surface area contributed by atoms with Crippen molar-refractivity contribution in [2.75, 3.05) is 31.6 Å². The number of nitrogens with zero attached hydrogens (tertiary/aromatic N) is 1. The lowest BCUT2D eigenvalue weighted by Crippen LogP contribution is -2.52. The molecule has 0 saturated carbocycles. The lowest BCUT2D eigenvalue weighted by molar-refractivity contribution is -0.137. The number of nitrogens with one attached hydrogen (secondary N) is 2. The molecular weight excluding hydrogens is 448 g/mol. The molecule has 34 heavy (non-hydrogen) atoms. The molecule has 10 heteroatoms. The molecule has 1 atom stereocenters. The summed E-state index contributed by atoms with van der Waals surface area (Å²) in [4.78, 5) is 39.5. The minimum absolute atomic E-state index is 0.181. The molecule has 1 unspecified atom stereocenters. The van der Waals surface area contributed by atoms with Crippen LogP contribution in [0.15, 0.2) is 36.4 Å². The van der Waals surface area contributed by atoms with Gasteiger partial charge in [-0.15, -0.1) is 0 Å². The van der Waals surface area contributed by atoms with Gasteiger partial charge >= 0.3 is 0 Å². The molecule has 0 spiro atoms. The van der Waals surface area contributed by atoms with Crippen LogP contribution in [0, 0.1) is 17.6 Å². The van der Waals surface area contributed by atoms with Crippen LogP contribution >= 0.6 is 0 Å². The van der Waals surface area contributed by atoms with E-state index in [0.717, 1.165) is 18.2 Å². The SMILES string of the molecule is CCN(CC(=O)Nc1ccc2c(c1)OCCO2)C(=O)C(NC(=O)c1c(F)cccc1F)C(C)C. The maximum atomic E-state index is 14.0. The lowest BCUT2D eigenvalue weighted by atomic mass is 10.0. The Morgan fingerprint density at radius 1 is 1.03 bits per heavy atom. The molecule has 8 nitrogen and oxygen atoms in total. The number of ether oxygens (including phenoxy) is 2. The molecule has 1 heterocycles. The lowest BCUT2D eigenvalue weighted by Gasteiger charge is -2.29. The van der Waals surface area contributed by atoms with E-state index in [2.05, 4.69) is 10.6 Å². The Bertz CT molecular complexity index is 1060. The molecule has 3 rings (SSSR count). The molecule has 0 saturated heterocycles. The zero-order chi connectivity index (χ0) is 24.8. The first kappa shape index (κ1) is 24.9. The van der Waals surface area contributed by atoms with Gasteiger partial charge in [-0.05, 0) is 37.1 Å². The first-order chi connectivity index (χ1) is 16.2. The monoisotopic (exact) mass is 475 g/mol. The topological polar surface area (TPSA) is 97.0 Å². The average Bonchev–Trinajstić information content (AvgIpc) is 2.80. The summed E-state index contributed by atoms with van der Waals surface area (Å²) in [7, 11) is 0. The Balaban J connectivity index is 1.68. The van der Waals surface area contributed by atoms with E-state index in [4.69, 9.17) is 9.47 Å². The van der Waals surface area contributed by atoms with E-state index >= 15 is 0 Å². The van der Waals surface area contributed by atoms with E-state index in [-0.39, 0.29) is 13.1 Å². The van der Waals surface area contributed by atoms with Crippen LogP contribution in [0.4, 0.5) is 14.5 Å². The van der Waals surface area contributed by atoms with Gasteiger partial charge in [0.25, 0.3) is 5.91 Å². The number of benzene rings is 2. The third-order valence-electron chi connectivity index (χ3n) is 5.26. The molecule has 0 bridgehead atoms. The zero-order valence-corrected chi connectivity index (χ0v) is 19.2. The summed E-state index contributed by atoms with van der Waals surface area (Å²) in [5, 5.41) is 5.12. The normalized spacial score (nSPS) is 13.2. The van der Waals surface area contributed by atoms with E-state index in [1.807, 2.05) is 0 Å². The van der Waals surface area contributed by atoms with Gasteiger partial charge in [0.2, 0.25) is 11.8 Å². The van der Waals surface area contributed by atoms with Crippen LogP contribution in [0.25, 0.3) is 0 Å². The van der Waals surface area contributed by atoms with Crippen LogP contribution in [0.2, 0.25) is 0 Å². The quantitative estimate of drug-likeness (QED) is 0.612. The third kappa shape index (κ3) is 5.81. The molecule has 2 aromatic rings. The Morgan fingerprint density at radius 3 is 2.29 bits per heavy atom. The van der Waals surface area contributed by atoms with E-state index in [1.165, 1.54) is 4.90 Å². The fraction of sp³-hybridized carbons (Fsp3) is 0.375. The number of carbonyl (C=O) groups is 3. The summed E-state index contributed by atoms with van der Waals surface area (Å²) in [6, 6.07) is 6.95. The minimum atomic E-state index is -1.09. The summed E-state index contributed by atoms with van der Waals surface area (Å²) < 4.78 is 38.9. The molecule has 2 aromatic carbocycles. The second kappa shape index (κ2) is 11.0. The van der Waals surface area contributed by atoms with Gasteiger partial charge in [-0.25, -0.2) is 8.78 Å². The van der Waals surface area contributed by atoms with Gasteiger partial charge < -0.3 is 25.0 Å². The highest BCUT2D eigenvalue weighted by Crippen LogP contribution is 2.32. The highest BCUT2D eigenvalue weighted by molar-refractivity contribution is 5.99. The van der Waals surface area contributed by atoms with Gasteiger partial charge in [0, 0.05) is 18.3 Å². The summed E-state index contributed by atoms with van der Waals surface area (Å²) in [5.74, 6) is -3.41. The van der Waals surface area contributed by atoms with Crippen LogP contribution in [0.1, 0.15) is 31.1 Å². The summed E-state index contributed by atoms with van der Waals surface area (Å²) in [6.07, 6.45) is 0. The summed E-state index contributed by atoms with van der Waals surface area (Å²) in [6.45, 7) is 5.81. The second-order valence-electron chi connectivity index (χ2n) is 8.05. The molecular formula is C24H27F2N3O5. The molecule has 2 N–H and O–H groups in total. The van der Waals surface area contributed by atoms with Gasteiger partial charge in [0.05, 0.1) is 6.54 Å². The molecule has 0 aromatic heterocycles. The van der Waals surface area contributed by atoms with Crippen molar-refractivity contribution < 1.29 is 32.6 Å². The number of rotatable bonds is 8. The minimum Gasteiger partial charge on any atom is -0.486 e. The van der Waals surface area contributed by atoms with Crippen molar-refractivity contribution in [2.45, 2.75) is 26.8 Å². The van der Waals surface area contributed by atoms with Crippen molar-refractivity contribution in [3.05, 3.63) is 53.6 Å². The molecule has 0 fully saturated rings. The standard InChI is InChI=1S/C24H27F2N3O5/c1-4-29(13-20(30)27-15-8-9-18-19(12-15)34-11-10-33-18)24(32)22(14(2)3)28-23(31)21-16(25)6-5-7-17(21)26/h5-9,12,14,22H,4,10-11,13H2,1-3H3,(H,27,30)(H,28,31). The molecule has 0 radical (unpaired) electrons. The van der Waals surface area contributed by atoms with Crippen molar-refractivity contribution >= 4 is 23.4 Å². The molecule has 0 aliphatic carbocycles. The van der Waals surface area contributed by atoms with Crippen molar-refractivity contribution in [1.82, 2.24) is 10.2 Å². The van der Waals surface area contributed by atoms with Gasteiger partial charge in [-0.2, -0.15) is 0 Å². The van der Waals surface area contributed by atoms with Crippen LogP contribution in [-0.4, -0.2) is 55.0 Å². The molecule has 3 amide bonds. The summed E-state index contributed by atoms with van der Waals surface area (Å²) >= 11 is 0. The number of likely N-dealkylation sites (N-methyl/N-ethyl adjacent to an activating group) is 1. The van der Waals surface area contributed by atoms with Crippen molar-refractivity contribution in [3.63, 3.8) is 0 Å². The van der Waals surface area contributed by atoms with E-state index in [1.54, 1.807) is 39.0 Å². The number of amides is 3. The number of hydrogen-bond acceptors (Lipinski definition) is 5. The highest BCUT2D eigenvalue weighted by Gasteiger charge is 2.31. The average molecular weight is 475 g/mol. The fourth-order valence-electron chi connectivity index (χ4n) is 3.48. The van der Waals surface area contributed by atoms with Crippen molar-refractivity contribution in [3.8, 4) is 11.5 Å². The fourth-order valence-corrected chi connectivity index (χ4v) is 3.48. The Kier molecular flexibility index (Phi) is 8.04. The van der Waals surface area contributed by atoms with Crippen LogP contribution in [0.3, 0.4) is 0 Å². The van der Waals surface area contributed by atoms with E-state index in [0.29, 0.717) is 30.4 Å². The molecule has 182 valence electrons. The Hall–Kier alpha value is -3.69. The maximum absolute atomic E-state index is 14.0. The molecule has 1 aliphatic rings. The smallest absolute Gasteiger partial charge is 0.257 e. The highest BCUT2D eigenvalue weighted by atomic mass is 19.1. The zero-order valence-electron chi connectivity index (χ0n) is 19.2. The van der Waals surface area contributed by atoms with Crippen LogP contribution in [0.5, 0.6) is 11.5 Å². The molecule has 1 aliphatic heterocycles. The third-order valence-corrected chi connectivity index (χ3v) is 5.26. The number of fused-ring (bicyclic) bond motifs is 1. The van der Waals surface area contributed by atoms with E-state index < -0.39 is 46.9 Å². The first-order valence-electron chi connectivity index (χ1n) is 10.9. The van der Waals surface area contributed by atoms with Gasteiger partial charge in [-0.1, -0.05) is 19.9 Å². The number of anilines is 1.